The van der Waals surface area contributed by atoms with E-state index >= 15 is 0 Å². The van der Waals surface area contributed by atoms with E-state index in [-0.39, 0.29) is 17.9 Å². The van der Waals surface area contributed by atoms with Crippen LogP contribution in [-0.4, -0.2) is 42.9 Å². The van der Waals surface area contributed by atoms with E-state index in [1.54, 1.807) is 17.0 Å². The minimum Gasteiger partial charge on any atom is -0.350 e. The van der Waals surface area contributed by atoms with Crippen molar-refractivity contribution in [2.75, 3.05) is 31.1 Å². The molecule has 1 atom stereocenters. The van der Waals surface area contributed by atoms with Crippen molar-refractivity contribution in [2.24, 2.45) is 0 Å². The molecule has 5 nitrogen and oxygen atoms in total. The third-order valence-corrected chi connectivity index (χ3v) is 6.16. The molecule has 2 fully saturated rings. The first-order chi connectivity index (χ1) is 14.1. The van der Waals surface area contributed by atoms with Gasteiger partial charge in [-0.25, -0.2) is 0 Å². The van der Waals surface area contributed by atoms with Gasteiger partial charge in [-0.15, -0.1) is 0 Å². The molecule has 2 aliphatic heterocycles. The molecule has 0 unspecified atom stereocenters. The van der Waals surface area contributed by atoms with Gasteiger partial charge in [0.2, 0.25) is 5.91 Å². The maximum atomic E-state index is 12.7. The van der Waals surface area contributed by atoms with Crippen molar-refractivity contribution in [3.63, 3.8) is 0 Å². The number of hydrogen-bond donors (Lipinski definition) is 1. The number of halogens is 1. The number of amides is 2. The summed E-state index contributed by atoms with van der Waals surface area (Å²) in [6.07, 6.45) is 3.83. The van der Waals surface area contributed by atoms with Gasteiger partial charge in [0.1, 0.15) is 0 Å². The first kappa shape index (κ1) is 19.9. The van der Waals surface area contributed by atoms with Crippen LogP contribution in [0.15, 0.2) is 48.5 Å². The Morgan fingerprint density at radius 3 is 2.38 bits per heavy atom. The third-order valence-electron chi connectivity index (χ3n) is 5.82. The van der Waals surface area contributed by atoms with E-state index < -0.39 is 0 Å². The molecule has 0 radical (unpaired) electrons. The number of carbonyl (C=O) groups is 2. The van der Waals surface area contributed by atoms with Gasteiger partial charge in [-0.05, 0) is 68.2 Å². The summed E-state index contributed by atoms with van der Waals surface area (Å²) in [5.41, 5.74) is 2.51. The van der Waals surface area contributed by atoms with Gasteiger partial charge in [0.25, 0.3) is 5.91 Å². The number of rotatable bonds is 6. The number of anilines is 1. The van der Waals surface area contributed by atoms with Crippen LogP contribution in [0.2, 0.25) is 5.02 Å². The lowest BCUT2D eigenvalue weighted by molar-refractivity contribution is -0.117. The highest BCUT2D eigenvalue weighted by Crippen LogP contribution is 2.30. The molecule has 6 heteroatoms. The summed E-state index contributed by atoms with van der Waals surface area (Å²) >= 11 is 6.45. The molecule has 0 aliphatic carbocycles. The van der Waals surface area contributed by atoms with Gasteiger partial charge in [-0.3, -0.25) is 14.5 Å². The van der Waals surface area contributed by atoms with E-state index in [9.17, 15) is 9.59 Å². The summed E-state index contributed by atoms with van der Waals surface area (Å²) in [7, 11) is 0. The number of nitrogens with zero attached hydrogens (tertiary/aromatic N) is 2. The van der Waals surface area contributed by atoms with Crippen LogP contribution >= 0.6 is 11.6 Å². The highest BCUT2D eigenvalue weighted by atomic mass is 35.5. The Hall–Kier alpha value is -2.37. The van der Waals surface area contributed by atoms with Crippen LogP contribution in [-0.2, 0) is 4.79 Å². The average molecular weight is 412 g/mol. The summed E-state index contributed by atoms with van der Waals surface area (Å²) in [6, 6.07) is 15.2. The monoisotopic (exact) mass is 411 g/mol. The van der Waals surface area contributed by atoms with Gasteiger partial charge in [0, 0.05) is 35.8 Å². The summed E-state index contributed by atoms with van der Waals surface area (Å²) in [5, 5.41) is 3.81. The fraction of sp³-hybridized carbons (Fsp3) is 0.391. The minimum atomic E-state index is -0.111. The second-order valence-corrected chi connectivity index (χ2v) is 8.09. The van der Waals surface area contributed by atoms with Crippen LogP contribution in [0.25, 0.3) is 0 Å². The lowest BCUT2D eigenvalue weighted by Crippen LogP contribution is -2.37. The molecule has 2 amide bonds. The highest BCUT2D eigenvalue weighted by molar-refractivity contribution is 6.31. The smallest absolute Gasteiger partial charge is 0.251 e. The number of carbonyl (C=O) groups excluding carboxylic acids is 2. The van der Waals surface area contributed by atoms with Crippen LogP contribution in [0, 0.1) is 0 Å². The lowest BCUT2D eigenvalue weighted by Gasteiger charge is -2.29. The molecule has 0 spiro atoms. The number of likely N-dealkylation sites (tertiary alicyclic amines) is 1. The molecule has 0 bridgehead atoms. The van der Waals surface area contributed by atoms with E-state index in [0.717, 1.165) is 42.3 Å². The number of nitrogens with one attached hydrogen (secondary N) is 1. The average Bonchev–Trinajstić information content (AvgIpc) is 3.41. The summed E-state index contributed by atoms with van der Waals surface area (Å²) < 4.78 is 0. The molecule has 2 heterocycles. The second-order valence-electron chi connectivity index (χ2n) is 7.69. The maximum absolute atomic E-state index is 12.7. The van der Waals surface area contributed by atoms with E-state index in [1.807, 2.05) is 36.4 Å². The topological polar surface area (TPSA) is 52.7 Å². The quantitative estimate of drug-likeness (QED) is 0.780. The van der Waals surface area contributed by atoms with Crippen LogP contribution in [0.5, 0.6) is 0 Å². The van der Waals surface area contributed by atoms with Gasteiger partial charge in [-0.1, -0.05) is 29.8 Å². The van der Waals surface area contributed by atoms with Crippen LogP contribution in [0.4, 0.5) is 5.69 Å². The Labute approximate surface area is 176 Å². The van der Waals surface area contributed by atoms with Crippen molar-refractivity contribution in [2.45, 2.75) is 31.7 Å². The maximum Gasteiger partial charge on any atom is 0.251 e. The van der Waals surface area contributed by atoms with E-state index in [2.05, 4.69) is 10.2 Å². The lowest BCUT2D eigenvalue weighted by atomic mass is 10.0. The zero-order valence-corrected chi connectivity index (χ0v) is 17.2. The molecule has 29 heavy (non-hydrogen) atoms. The van der Waals surface area contributed by atoms with E-state index in [0.29, 0.717) is 18.5 Å². The molecule has 4 rings (SSSR count). The molecule has 0 aromatic heterocycles. The SMILES string of the molecule is O=C(NC[C@H](c1ccccc1Cl)N1CCCC1)c1ccc(N2CCCC2=O)cc1. The minimum absolute atomic E-state index is 0.0663. The zero-order chi connectivity index (χ0) is 20.2. The molecule has 152 valence electrons. The van der Waals surface area contributed by atoms with Crippen molar-refractivity contribution >= 4 is 29.1 Å². The summed E-state index contributed by atoms with van der Waals surface area (Å²) in [6.45, 7) is 3.29. The van der Waals surface area contributed by atoms with Crippen LogP contribution in [0.1, 0.15) is 47.6 Å². The molecular weight excluding hydrogens is 386 g/mol. The standard InChI is InChI=1S/C23H26ClN3O2/c24-20-7-2-1-6-19(20)21(26-13-3-4-14-26)16-25-23(29)17-9-11-18(12-10-17)27-15-5-8-22(27)28/h1-2,6-7,9-12,21H,3-5,8,13-16H2,(H,25,29)/t21-/m1/s1. The first-order valence-electron chi connectivity index (χ1n) is 10.3. The largest absolute Gasteiger partial charge is 0.350 e. The van der Waals surface area contributed by atoms with Gasteiger partial charge in [0.05, 0.1) is 6.04 Å². The third kappa shape index (κ3) is 4.46. The molecule has 2 aliphatic rings. The van der Waals surface area contributed by atoms with E-state index in [4.69, 9.17) is 11.6 Å². The van der Waals surface area contributed by atoms with Crippen molar-refractivity contribution in [1.82, 2.24) is 10.2 Å². The fourth-order valence-corrected chi connectivity index (χ4v) is 4.50. The van der Waals surface area contributed by atoms with Crippen molar-refractivity contribution in [3.05, 3.63) is 64.7 Å². The van der Waals surface area contributed by atoms with Crippen molar-refractivity contribution in [1.29, 1.82) is 0 Å². The molecule has 0 saturated carbocycles. The Bertz CT molecular complexity index is 878. The predicted molar refractivity (Wildman–Crippen MR) is 115 cm³/mol. The molecule has 2 saturated heterocycles. The van der Waals surface area contributed by atoms with Crippen molar-refractivity contribution < 1.29 is 9.59 Å². The highest BCUT2D eigenvalue weighted by Gasteiger charge is 2.26. The fourth-order valence-electron chi connectivity index (χ4n) is 4.24. The van der Waals surface area contributed by atoms with Gasteiger partial charge in [-0.2, -0.15) is 0 Å². The zero-order valence-electron chi connectivity index (χ0n) is 16.4. The summed E-state index contributed by atoms with van der Waals surface area (Å²) in [4.78, 5) is 28.8. The normalized spacial score (nSPS) is 18.2. The van der Waals surface area contributed by atoms with Gasteiger partial charge in [0.15, 0.2) is 0 Å². The first-order valence-corrected chi connectivity index (χ1v) is 10.7. The Morgan fingerprint density at radius 2 is 1.72 bits per heavy atom. The molecular formula is C23H26ClN3O2. The Morgan fingerprint density at radius 1 is 1.00 bits per heavy atom. The number of benzene rings is 2. The number of hydrogen-bond acceptors (Lipinski definition) is 3. The molecule has 2 aromatic rings. The van der Waals surface area contributed by atoms with Gasteiger partial charge < -0.3 is 10.2 Å². The summed E-state index contributed by atoms with van der Waals surface area (Å²) in [5.74, 6) is 0.0379. The van der Waals surface area contributed by atoms with Crippen LogP contribution in [0.3, 0.4) is 0 Å². The molecule has 1 N–H and O–H groups in total. The van der Waals surface area contributed by atoms with Crippen molar-refractivity contribution in [3.8, 4) is 0 Å². The Kier molecular flexibility index (Phi) is 6.16. The van der Waals surface area contributed by atoms with Crippen LogP contribution < -0.4 is 10.2 Å². The predicted octanol–water partition coefficient (Wildman–Crippen LogP) is 4.03. The molecule has 2 aromatic carbocycles. The second kappa shape index (κ2) is 8.97. The van der Waals surface area contributed by atoms with E-state index in [1.165, 1.54) is 12.8 Å². The van der Waals surface area contributed by atoms with Gasteiger partial charge >= 0.3 is 0 Å². The Balaban J connectivity index is 1.44.